The molecule has 0 radical (unpaired) electrons. The zero-order valence-electron chi connectivity index (χ0n) is 7.79. The van der Waals surface area contributed by atoms with Crippen LogP contribution < -0.4 is 5.56 Å². The van der Waals surface area contributed by atoms with Gasteiger partial charge < -0.3 is 5.11 Å². The summed E-state index contributed by atoms with van der Waals surface area (Å²) in [4.78, 5) is 28.4. The van der Waals surface area contributed by atoms with Crippen LogP contribution in [0.4, 0.5) is 0 Å². The number of carboxylic acids is 1. The van der Waals surface area contributed by atoms with Crippen molar-refractivity contribution in [3.63, 3.8) is 0 Å². The molecule has 0 saturated heterocycles. The fourth-order valence-corrected chi connectivity index (χ4v) is 1.68. The molecule has 1 heterocycles. The van der Waals surface area contributed by atoms with Gasteiger partial charge in [0.1, 0.15) is 0 Å². The molecule has 2 rings (SSSR count). The van der Waals surface area contributed by atoms with Crippen LogP contribution in [0.2, 0.25) is 5.28 Å². The van der Waals surface area contributed by atoms with Gasteiger partial charge in [-0.1, -0.05) is 0 Å². The van der Waals surface area contributed by atoms with Crippen LogP contribution in [0.3, 0.4) is 0 Å². The second-order valence-corrected chi connectivity index (χ2v) is 3.92. The molecule has 5 nitrogen and oxygen atoms in total. The molecular formula is C9H9ClN2O3. The number of rotatable bonds is 3. The molecule has 0 aromatic carbocycles. The van der Waals surface area contributed by atoms with Gasteiger partial charge in [-0.3, -0.25) is 14.6 Å². The number of aromatic amines is 1. The Hall–Kier alpha value is -1.36. The van der Waals surface area contributed by atoms with E-state index in [4.69, 9.17) is 16.7 Å². The van der Waals surface area contributed by atoms with Gasteiger partial charge >= 0.3 is 5.97 Å². The topological polar surface area (TPSA) is 83.0 Å². The van der Waals surface area contributed by atoms with Crippen molar-refractivity contribution in [3.8, 4) is 0 Å². The minimum absolute atomic E-state index is 0.0241. The van der Waals surface area contributed by atoms with Gasteiger partial charge in [0.25, 0.3) is 5.56 Å². The maximum Gasteiger partial charge on any atom is 0.308 e. The van der Waals surface area contributed by atoms with E-state index in [9.17, 15) is 9.59 Å². The largest absolute Gasteiger partial charge is 0.481 e. The van der Waals surface area contributed by atoms with E-state index >= 15 is 0 Å². The zero-order valence-corrected chi connectivity index (χ0v) is 8.54. The van der Waals surface area contributed by atoms with Gasteiger partial charge in [0.15, 0.2) is 0 Å². The van der Waals surface area contributed by atoms with E-state index in [2.05, 4.69) is 9.97 Å². The molecule has 0 spiro atoms. The number of H-pyrrole nitrogens is 1. The summed E-state index contributed by atoms with van der Waals surface area (Å²) in [5.74, 6) is -0.828. The average molecular weight is 229 g/mol. The van der Waals surface area contributed by atoms with Gasteiger partial charge in [-0.2, -0.15) is 0 Å². The second-order valence-electron chi connectivity index (χ2n) is 3.57. The normalized spacial score (nSPS) is 15.3. The molecule has 1 aliphatic carbocycles. The first kappa shape index (κ1) is 10.2. The summed E-state index contributed by atoms with van der Waals surface area (Å²) >= 11 is 5.62. The van der Waals surface area contributed by atoms with Gasteiger partial charge in [-0.25, -0.2) is 4.98 Å². The van der Waals surface area contributed by atoms with Crippen LogP contribution in [0, 0.1) is 0 Å². The van der Waals surface area contributed by atoms with E-state index in [1.807, 2.05) is 0 Å². The molecule has 1 aromatic rings. The van der Waals surface area contributed by atoms with Crippen molar-refractivity contribution in [3.05, 3.63) is 26.9 Å². The predicted octanol–water partition coefficient (Wildman–Crippen LogP) is 0.928. The number of halogens is 1. The summed E-state index contributed by atoms with van der Waals surface area (Å²) in [5.41, 5.74) is 0.333. The summed E-state index contributed by atoms with van der Waals surface area (Å²) in [6.45, 7) is 0. The highest BCUT2D eigenvalue weighted by Crippen LogP contribution is 2.40. The molecule has 1 saturated carbocycles. The molecule has 0 aliphatic heterocycles. The van der Waals surface area contributed by atoms with Gasteiger partial charge in [0, 0.05) is 5.92 Å². The van der Waals surface area contributed by atoms with Crippen molar-refractivity contribution < 1.29 is 9.90 Å². The minimum Gasteiger partial charge on any atom is -0.481 e. The first-order chi connectivity index (χ1) is 7.08. The Morgan fingerprint density at radius 3 is 2.80 bits per heavy atom. The number of carbonyl (C=O) groups is 1. The molecule has 0 amide bonds. The number of hydrogen-bond donors (Lipinski definition) is 2. The zero-order chi connectivity index (χ0) is 11.0. The monoisotopic (exact) mass is 228 g/mol. The van der Waals surface area contributed by atoms with Crippen LogP contribution >= 0.6 is 11.6 Å². The van der Waals surface area contributed by atoms with E-state index in [1.54, 1.807) is 0 Å². The number of aromatic nitrogens is 2. The van der Waals surface area contributed by atoms with Crippen molar-refractivity contribution in [2.45, 2.75) is 25.2 Å². The summed E-state index contributed by atoms with van der Waals surface area (Å²) in [7, 11) is 0. The third-order valence-electron chi connectivity index (χ3n) is 2.31. The SMILES string of the molecule is O=C(O)Cc1c(C2CC2)nc(Cl)[nH]c1=O. The Kier molecular flexibility index (Phi) is 2.48. The van der Waals surface area contributed by atoms with Gasteiger partial charge in [0.05, 0.1) is 17.7 Å². The molecule has 0 unspecified atom stereocenters. The molecule has 15 heavy (non-hydrogen) atoms. The summed E-state index contributed by atoms with van der Waals surface area (Å²) < 4.78 is 0. The molecule has 2 N–H and O–H groups in total. The third kappa shape index (κ3) is 2.18. The van der Waals surface area contributed by atoms with Crippen LogP contribution in [0.25, 0.3) is 0 Å². The third-order valence-corrected chi connectivity index (χ3v) is 2.49. The molecule has 1 fully saturated rings. The van der Waals surface area contributed by atoms with E-state index < -0.39 is 11.5 Å². The van der Waals surface area contributed by atoms with Crippen LogP contribution in [0.1, 0.15) is 30.0 Å². The first-order valence-corrected chi connectivity index (χ1v) is 4.96. The lowest BCUT2D eigenvalue weighted by Gasteiger charge is -2.04. The van der Waals surface area contributed by atoms with Gasteiger partial charge in [0.2, 0.25) is 5.28 Å². The standard InChI is InChI=1S/C9H9ClN2O3/c10-9-11-7(4-1-2-4)5(3-6(13)14)8(15)12-9/h4H,1-3H2,(H,13,14)(H,11,12,15). The maximum absolute atomic E-state index is 11.5. The summed E-state index contributed by atoms with van der Waals surface area (Å²) in [6, 6.07) is 0. The van der Waals surface area contributed by atoms with Crippen LogP contribution in [0.5, 0.6) is 0 Å². The number of hydrogen-bond acceptors (Lipinski definition) is 3. The van der Waals surface area contributed by atoms with E-state index in [0.717, 1.165) is 12.8 Å². The Bertz CT molecular complexity index is 465. The Morgan fingerprint density at radius 1 is 1.60 bits per heavy atom. The number of nitrogens with one attached hydrogen (secondary N) is 1. The molecule has 0 bridgehead atoms. The lowest BCUT2D eigenvalue weighted by molar-refractivity contribution is -0.136. The molecule has 1 aliphatic rings. The number of carboxylic acid groups (broad SMARTS) is 1. The van der Waals surface area contributed by atoms with E-state index in [0.29, 0.717) is 5.69 Å². The highest BCUT2D eigenvalue weighted by Gasteiger charge is 2.30. The molecule has 0 atom stereocenters. The second kappa shape index (κ2) is 3.66. The lowest BCUT2D eigenvalue weighted by Crippen LogP contribution is -2.20. The smallest absolute Gasteiger partial charge is 0.308 e. The maximum atomic E-state index is 11.5. The molecular weight excluding hydrogens is 220 g/mol. The van der Waals surface area contributed by atoms with Gasteiger partial charge in [-0.15, -0.1) is 0 Å². The van der Waals surface area contributed by atoms with Crippen molar-refractivity contribution in [2.24, 2.45) is 0 Å². The van der Waals surface area contributed by atoms with Crippen molar-refractivity contribution >= 4 is 17.6 Å². The van der Waals surface area contributed by atoms with Crippen molar-refractivity contribution in [1.29, 1.82) is 0 Å². The predicted molar refractivity (Wildman–Crippen MR) is 53.2 cm³/mol. The fourth-order valence-electron chi connectivity index (χ4n) is 1.50. The van der Waals surface area contributed by atoms with Crippen LogP contribution in [-0.4, -0.2) is 21.0 Å². The Labute approximate surface area is 90.1 Å². The van der Waals surface area contributed by atoms with Crippen molar-refractivity contribution in [2.75, 3.05) is 0 Å². The lowest BCUT2D eigenvalue weighted by atomic mass is 10.1. The fraction of sp³-hybridized carbons (Fsp3) is 0.444. The molecule has 6 heteroatoms. The summed E-state index contributed by atoms with van der Waals surface area (Å²) in [6.07, 6.45) is 1.59. The molecule has 1 aromatic heterocycles. The van der Waals surface area contributed by atoms with Crippen LogP contribution in [0.15, 0.2) is 4.79 Å². The highest BCUT2D eigenvalue weighted by molar-refractivity contribution is 6.28. The van der Waals surface area contributed by atoms with Gasteiger partial charge in [-0.05, 0) is 24.4 Å². The Morgan fingerprint density at radius 2 is 2.27 bits per heavy atom. The number of aliphatic carboxylic acids is 1. The average Bonchev–Trinajstić information content (AvgIpc) is 2.91. The van der Waals surface area contributed by atoms with E-state index in [-0.39, 0.29) is 23.2 Å². The first-order valence-electron chi connectivity index (χ1n) is 4.58. The van der Waals surface area contributed by atoms with Crippen LogP contribution in [-0.2, 0) is 11.2 Å². The highest BCUT2D eigenvalue weighted by atomic mass is 35.5. The quantitative estimate of drug-likeness (QED) is 0.754. The van der Waals surface area contributed by atoms with Crippen molar-refractivity contribution in [1.82, 2.24) is 9.97 Å². The Balaban J connectivity index is 2.48. The summed E-state index contributed by atoms with van der Waals surface area (Å²) in [5, 5.41) is 8.70. The number of nitrogens with zero attached hydrogens (tertiary/aromatic N) is 1. The van der Waals surface area contributed by atoms with E-state index in [1.165, 1.54) is 0 Å². The minimum atomic E-state index is -1.04. The molecule has 80 valence electrons.